The van der Waals surface area contributed by atoms with Gasteiger partial charge in [-0.25, -0.2) is 0 Å². The number of benzene rings is 9. The molecule has 3 heterocycles. The molecule has 0 saturated carbocycles. The number of hydrogen-bond acceptors (Lipinski definition) is 0. The molecule has 13 rings (SSSR count). The molecule has 3 aromatic heterocycles. The van der Waals surface area contributed by atoms with Gasteiger partial charge in [-0.05, 0) is 101 Å². The van der Waals surface area contributed by atoms with Crippen LogP contribution in [0.3, 0.4) is 0 Å². The number of aryl methyl sites for hydroxylation is 1. The molecule has 1 aliphatic carbocycles. The van der Waals surface area contributed by atoms with Gasteiger partial charge in [0.2, 0.25) is 0 Å². The number of nitrogens with zero attached hydrogens (tertiary/aromatic N) is 3. The first-order valence-corrected chi connectivity index (χ1v) is 24.8. The highest BCUT2D eigenvalue weighted by Gasteiger charge is 2.44. The smallest absolute Gasteiger partial charge is 0.181 e. The zero-order valence-electron chi connectivity index (χ0n) is 36.2. The van der Waals surface area contributed by atoms with Crippen LogP contribution in [-0.4, -0.2) is 21.8 Å². The standard InChI is InChI=1S/C61H45N3Si/c1-42-19-17-26-48(41-42)65(46-24-9-4-10-25-46,58-34-18-30-50-49-27-11-14-31-53(49)64(61(50)58)44-22-7-3-8-23-44)47-37-35-45(36-38-47)63-55-33-16-13-29-52(55)60-57(63)40-39-56-59(60)51-28-12-15-32-54(51)62(56)43-20-5-2-6-21-43/h2-5,7-20,22-41H,6,21H2,1H3. The van der Waals surface area contributed by atoms with Crippen LogP contribution in [0.2, 0.25) is 0 Å². The Kier molecular flexibility index (Phi) is 8.59. The largest absolute Gasteiger partial charge is 0.313 e. The number of fused-ring (bicyclic) bond motifs is 10. The Balaban J connectivity index is 1.10. The molecule has 0 amide bonds. The summed E-state index contributed by atoms with van der Waals surface area (Å²) in [6.45, 7) is 2.23. The van der Waals surface area contributed by atoms with Crippen LogP contribution in [0.15, 0.2) is 231 Å². The van der Waals surface area contributed by atoms with E-state index in [1.54, 1.807) is 0 Å². The quantitative estimate of drug-likeness (QED) is 0.112. The molecule has 0 radical (unpaired) electrons. The first-order chi connectivity index (χ1) is 32.2. The van der Waals surface area contributed by atoms with Gasteiger partial charge in [-0.15, -0.1) is 0 Å². The first-order valence-electron chi connectivity index (χ1n) is 22.8. The molecule has 12 aromatic rings. The second-order valence-corrected chi connectivity index (χ2v) is 21.4. The van der Waals surface area contributed by atoms with Crippen molar-refractivity contribution in [3.05, 3.63) is 236 Å². The topological polar surface area (TPSA) is 14.8 Å². The molecule has 1 atom stereocenters. The second-order valence-electron chi connectivity index (χ2n) is 17.6. The molecule has 308 valence electrons. The third-order valence-electron chi connectivity index (χ3n) is 14.1. The summed E-state index contributed by atoms with van der Waals surface area (Å²) in [5.41, 5.74) is 12.4. The van der Waals surface area contributed by atoms with Gasteiger partial charge in [-0.1, -0.05) is 175 Å². The Bertz CT molecular complexity index is 3880. The van der Waals surface area contributed by atoms with Crippen molar-refractivity contribution in [3.63, 3.8) is 0 Å². The van der Waals surface area contributed by atoms with Gasteiger partial charge in [0.25, 0.3) is 0 Å². The van der Waals surface area contributed by atoms with Gasteiger partial charge < -0.3 is 13.7 Å². The zero-order valence-corrected chi connectivity index (χ0v) is 37.2. The third-order valence-corrected chi connectivity index (χ3v) is 18.9. The summed E-state index contributed by atoms with van der Waals surface area (Å²) < 4.78 is 7.52. The van der Waals surface area contributed by atoms with Gasteiger partial charge in [0, 0.05) is 49.4 Å². The van der Waals surface area contributed by atoms with Crippen LogP contribution in [0.5, 0.6) is 0 Å². The van der Waals surface area contributed by atoms with Crippen molar-refractivity contribution >= 4 is 99.9 Å². The summed E-state index contributed by atoms with van der Waals surface area (Å²) in [5.74, 6) is 0. The Hall–Kier alpha value is -7.92. The fourth-order valence-corrected chi connectivity index (χ4v) is 16.5. The zero-order chi connectivity index (χ0) is 43.1. The van der Waals surface area contributed by atoms with E-state index in [0.29, 0.717) is 0 Å². The molecule has 65 heavy (non-hydrogen) atoms. The van der Waals surface area contributed by atoms with Crippen molar-refractivity contribution in [2.75, 3.05) is 0 Å². The number of aromatic nitrogens is 3. The van der Waals surface area contributed by atoms with E-state index in [-0.39, 0.29) is 0 Å². The minimum atomic E-state index is -3.06. The molecular weight excluding hydrogens is 803 g/mol. The van der Waals surface area contributed by atoms with E-state index in [1.807, 2.05) is 0 Å². The minimum absolute atomic E-state index is 1.02. The Morgan fingerprint density at radius 2 is 0.938 bits per heavy atom. The van der Waals surface area contributed by atoms with Crippen LogP contribution in [0.1, 0.15) is 18.4 Å². The van der Waals surface area contributed by atoms with E-state index in [9.17, 15) is 0 Å². The predicted octanol–water partition coefficient (Wildman–Crippen LogP) is 12.9. The van der Waals surface area contributed by atoms with Crippen LogP contribution >= 0.6 is 0 Å². The third kappa shape index (κ3) is 5.54. The van der Waals surface area contributed by atoms with Crippen molar-refractivity contribution in [2.24, 2.45) is 0 Å². The van der Waals surface area contributed by atoms with E-state index >= 15 is 0 Å². The molecule has 1 aliphatic rings. The number of allylic oxidation sites excluding steroid dienone is 4. The Morgan fingerprint density at radius 1 is 0.400 bits per heavy atom. The number of rotatable bonds is 7. The molecule has 0 fully saturated rings. The first kappa shape index (κ1) is 37.6. The summed E-state index contributed by atoms with van der Waals surface area (Å²) in [5, 5.41) is 13.2. The number of hydrogen-bond donors (Lipinski definition) is 0. The van der Waals surface area contributed by atoms with Crippen LogP contribution in [0, 0.1) is 6.92 Å². The summed E-state index contributed by atoms with van der Waals surface area (Å²) in [4.78, 5) is 0. The van der Waals surface area contributed by atoms with Crippen molar-refractivity contribution in [3.8, 4) is 11.4 Å². The SMILES string of the molecule is Cc1cccc([Si](c2ccccc2)(c2ccc(-n3c4ccccc4c4c5c6ccccc6n(C6=CC=CCC6)c5ccc43)cc2)c2cccc3c4ccccc4n(-c4ccccc4)c23)c1. The van der Waals surface area contributed by atoms with Gasteiger partial charge in [-0.3, -0.25) is 0 Å². The van der Waals surface area contributed by atoms with Crippen LogP contribution in [0.25, 0.3) is 82.5 Å². The van der Waals surface area contributed by atoms with Crippen LogP contribution in [-0.2, 0) is 0 Å². The second kappa shape index (κ2) is 14.8. The number of para-hydroxylation sites is 5. The highest BCUT2D eigenvalue weighted by atomic mass is 28.3. The molecule has 9 aromatic carbocycles. The molecule has 1 unspecified atom stereocenters. The van der Waals surface area contributed by atoms with E-state index in [0.717, 1.165) is 24.2 Å². The van der Waals surface area contributed by atoms with Crippen molar-refractivity contribution < 1.29 is 0 Å². The van der Waals surface area contributed by atoms with E-state index < -0.39 is 8.07 Å². The Labute approximate surface area is 379 Å². The van der Waals surface area contributed by atoms with Crippen LogP contribution in [0.4, 0.5) is 0 Å². The van der Waals surface area contributed by atoms with Crippen molar-refractivity contribution in [2.45, 2.75) is 19.8 Å². The molecule has 0 bridgehead atoms. The lowest BCUT2D eigenvalue weighted by molar-refractivity contribution is 0.979. The van der Waals surface area contributed by atoms with E-state index in [1.165, 1.54) is 97.4 Å². The monoisotopic (exact) mass is 847 g/mol. The maximum atomic E-state index is 2.52. The lowest BCUT2D eigenvalue weighted by Crippen LogP contribution is -2.75. The van der Waals surface area contributed by atoms with Gasteiger partial charge in [0.05, 0.1) is 33.1 Å². The van der Waals surface area contributed by atoms with Gasteiger partial charge in [0.1, 0.15) is 0 Å². The lowest BCUT2D eigenvalue weighted by atomic mass is 10.1. The maximum absolute atomic E-state index is 3.06. The molecule has 4 heteroatoms. The highest BCUT2D eigenvalue weighted by molar-refractivity contribution is 7.20. The summed E-state index contributed by atoms with van der Waals surface area (Å²) >= 11 is 0. The molecule has 0 aliphatic heterocycles. The maximum Gasteiger partial charge on any atom is 0.181 e. The summed E-state index contributed by atoms with van der Waals surface area (Å²) in [6.07, 6.45) is 8.86. The minimum Gasteiger partial charge on any atom is -0.313 e. The molecule has 0 N–H and O–H groups in total. The molecule has 3 nitrogen and oxygen atoms in total. The van der Waals surface area contributed by atoms with E-state index in [4.69, 9.17) is 0 Å². The average molecular weight is 848 g/mol. The average Bonchev–Trinajstić information content (AvgIpc) is 4.01. The summed E-state index contributed by atoms with van der Waals surface area (Å²) in [7, 11) is -3.06. The Morgan fingerprint density at radius 3 is 1.62 bits per heavy atom. The fourth-order valence-electron chi connectivity index (χ4n) is 11.4. The van der Waals surface area contributed by atoms with Gasteiger partial charge in [-0.2, -0.15) is 0 Å². The fraction of sp³-hybridized carbons (Fsp3) is 0.0492. The molecule has 0 saturated heterocycles. The van der Waals surface area contributed by atoms with Crippen molar-refractivity contribution in [1.29, 1.82) is 0 Å². The van der Waals surface area contributed by atoms with E-state index in [2.05, 4.69) is 251 Å². The van der Waals surface area contributed by atoms with Gasteiger partial charge >= 0.3 is 0 Å². The van der Waals surface area contributed by atoms with Gasteiger partial charge in [0.15, 0.2) is 8.07 Å². The normalized spacial score (nSPS) is 14.0. The summed E-state index contributed by atoms with van der Waals surface area (Å²) in [6, 6.07) is 80.0. The predicted molar refractivity (Wildman–Crippen MR) is 279 cm³/mol. The van der Waals surface area contributed by atoms with Crippen molar-refractivity contribution in [1.82, 2.24) is 13.7 Å². The van der Waals surface area contributed by atoms with Crippen LogP contribution < -0.4 is 20.7 Å². The molecule has 0 spiro atoms. The highest BCUT2D eigenvalue weighted by Crippen LogP contribution is 2.43. The lowest BCUT2D eigenvalue weighted by Gasteiger charge is -2.35. The molecular formula is C61H45N3Si.